The molecular weight excluding hydrogens is 351 g/mol. The average molecular weight is 367 g/mol. The molecule has 0 radical (unpaired) electrons. The summed E-state index contributed by atoms with van der Waals surface area (Å²) >= 11 is 0. The van der Waals surface area contributed by atoms with Crippen LogP contribution in [-0.2, 0) is 6.18 Å². The second kappa shape index (κ2) is 7.91. The zero-order valence-electron chi connectivity index (χ0n) is 14.2. The van der Waals surface area contributed by atoms with E-state index in [1.54, 1.807) is 54.6 Å². The van der Waals surface area contributed by atoms with Crippen molar-refractivity contribution in [1.29, 1.82) is 0 Å². The van der Waals surface area contributed by atoms with E-state index < -0.39 is 11.7 Å². The third-order valence-corrected chi connectivity index (χ3v) is 3.89. The lowest BCUT2D eigenvalue weighted by molar-refractivity contribution is -0.137. The Morgan fingerprint density at radius 3 is 1.96 bits per heavy atom. The van der Waals surface area contributed by atoms with Gasteiger partial charge >= 0.3 is 6.18 Å². The number of ketones is 1. The van der Waals surface area contributed by atoms with Gasteiger partial charge in [0.05, 0.1) is 5.56 Å². The summed E-state index contributed by atoms with van der Waals surface area (Å²) in [6.45, 7) is 0. The first-order valence-electron chi connectivity index (χ1n) is 8.24. The minimum atomic E-state index is -4.44. The Bertz CT molecular complexity index is 948. The van der Waals surface area contributed by atoms with Gasteiger partial charge in [0.1, 0.15) is 0 Å². The number of allylic oxidation sites excluding steroid dienone is 1. The van der Waals surface area contributed by atoms with E-state index in [0.717, 1.165) is 12.1 Å². The van der Waals surface area contributed by atoms with Gasteiger partial charge in [-0.1, -0.05) is 66.7 Å². The highest BCUT2D eigenvalue weighted by Gasteiger charge is 2.30. The van der Waals surface area contributed by atoms with Crippen molar-refractivity contribution in [2.75, 3.05) is 5.32 Å². The maximum atomic E-state index is 13.0. The average Bonchev–Trinajstić information content (AvgIpc) is 2.68. The lowest BCUT2D eigenvalue weighted by Crippen LogP contribution is -2.07. The molecule has 5 heteroatoms. The fourth-order valence-corrected chi connectivity index (χ4v) is 2.55. The molecular formula is C22H16F3NO. The normalized spacial score (nSPS) is 11.9. The zero-order valence-corrected chi connectivity index (χ0v) is 14.2. The highest BCUT2D eigenvalue weighted by atomic mass is 19.4. The maximum absolute atomic E-state index is 13.0. The van der Waals surface area contributed by atoms with E-state index in [2.05, 4.69) is 5.32 Å². The smallest absolute Gasteiger partial charge is 0.355 e. The first kappa shape index (κ1) is 18.5. The van der Waals surface area contributed by atoms with Crippen LogP contribution in [0, 0.1) is 0 Å². The van der Waals surface area contributed by atoms with Gasteiger partial charge < -0.3 is 5.32 Å². The van der Waals surface area contributed by atoms with Gasteiger partial charge in [-0.05, 0) is 23.8 Å². The van der Waals surface area contributed by atoms with Crippen LogP contribution < -0.4 is 5.32 Å². The topological polar surface area (TPSA) is 29.1 Å². The molecule has 3 aromatic carbocycles. The predicted molar refractivity (Wildman–Crippen MR) is 100 cm³/mol. The molecule has 2 nitrogen and oxygen atoms in total. The van der Waals surface area contributed by atoms with Gasteiger partial charge in [0.25, 0.3) is 0 Å². The molecule has 0 aromatic heterocycles. The van der Waals surface area contributed by atoms with Gasteiger partial charge in [0.2, 0.25) is 0 Å². The molecule has 0 atom stereocenters. The molecule has 0 bridgehead atoms. The lowest BCUT2D eigenvalue weighted by atomic mass is 10.1. The first-order chi connectivity index (χ1) is 12.9. The summed E-state index contributed by atoms with van der Waals surface area (Å²) in [4.78, 5) is 12.5. The van der Waals surface area contributed by atoms with Crippen LogP contribution in [0.25, 0.3) is 5.70 Å². The van der Waals surface area contributed by atoms with Crippen LogP contribution in [0.4, 0.5) is 18.9 Å². The molecule has 0 saturated heterocycles. The predicted octanol–water partition coefficient (Wildman–Crippen LogP) is 6.04. The number of carbonyl (C=O) groups excluding carboxylic acids is 1. The van der Waals surface area contributed by atoms with Gasteiger partial charge in [0, 0.05) is 23.0 Å². The summed E-state index contributed by atoms with van der Waals surface area (Å²) in [7, 11) is 0. The molecule has 136 valence electrons. The summed E-state index contributed by atoms with van der Waals surface area (Å²) in [6, 6.07) is 22.5. The summed E-state index contributed by atoms with van der Waals surface area (Å²) in [5.74, 6) is -0.242. The summed E-state index contributed by atoms with van der Waals surface area (Å²) < 4.78 is 38.9. The molecule has 3 rings (SSSR count). The van der Waals surface area contributed by atoms with E-state index in [9.17, 15) is 18.0 Å². The lowest BCUT2D eigenvalue weighted by Gasteiger charge is -2.14. The summed E-state index contributed by atoms with van der Waals surface area (Å²) in [6.07, 6.45) is -3.04. The van der Waals surface area contributed by atoms with E-state index in [1.165, 1.54) is 18.2 Å². The van der Waals surface area contributed by atoms with Gasteiger partial charge in [-0.2, -0.15) is 13.2 Å². The molecule has 27 heavy (non-hydrogen) atoms. The van der Waals surface area contributed by atoms with E-state index in [4.69, 9.17) is 0 Å². The molecule has 0 fully saturated rings. The Hall–Kier alpha value is -3.34. The molecule has 0 unspecified atom stereocenters. The highest BCUT2D eigenvalue weighted by Crippen LogP contribution is 2.31. The molecule has 0 amide bonds. The Morgan fingerprint density at radius 2 is 1.37 bits per heavy atom. The fourth-order valence-electron chi connectivity index (χ4n) is 2.55. The fraction of sp³-hybridized carbons (Fsp3) is 0.0455. The Balaban J connectivity index is 1.97. The summed E-state index contributed by atoms with van der Waals surface area (Å²) in [5.41, 5.74) is 1.11. The molecule has 1 N–H and O–H groups in total. The first-order valence-corrected chi connectivity index (χ1v) is 8.24. The van der Waals surface area contributed by atoms with E-state index in [1.807, 2.05) is 6.07 Å². The largest absolute Gasteiger partial charge is 0.416 e. The number of benzene rings is 3. The Labute approximate surface area is 155 Å². The zero-order chi connectivity index (χ0) is 19.3. The Kier molecular flexibility index (Phi) is 5.41. The minimum Gasteiger partial charge on any atom is -0.355 e. The number of nitrogens with one attached hydrogen (secondary N) is 1. The van der Waals surface area contributed by atoms with Crippen LogP contribution >= 0.6 is 0 Å². The second-order valence-electron chi connectivity index (χ2n) is 5.86. The minimum absolute atomic E-state index is 0.242. The quantitative estimate of drug-likeness (QED) is 0.440. The number of carbonyl (C=O) groups is 1. The number of hydrogen-bond donors (Lipinski definition) is 1. The van der Waals surface area contributed by atoms with Crippen molar-refractivity contribution >= 4 is 17.2 Å². The van der Waals surface area contributed by atoms with Crippen LogP contribution in [0.1, 0.15) is 21.5 Å². The number of halogens is 3. The van der Waals surface area contributed by atoms with Crippen molar-refractivity contribution < 1.29 is 18.0 Å². The molecule has 0 aliphatic heterocycles. The van der Waals surface area contributed by atoms with Crippen LogP contribution in [0.15, 0.2) is 91.0 Å². The van der Waals surface area contributed by atoms with Crippen molar-refractivity contribution in [1.82, 2.24) is 0 Å². The van der Waals surface area contributed by atoms with Crippen molar-refractivity contribution in [2.45, 2.75) is 6.18 Å². The van der Waals surface area contributed by atoms with E-state index in [-0.39, 0.29) is 11.5 Å². The van der Waals surface area contributed by atoms with Crippen LogP contribution in [0.5, 0.6) is 0 Å². The van der Waals surface area contributed by atoms with Crippen LogP contribution in [0.2, 0.25) is 0 Å². The van der Waals surface area contributed by atoms with Crippen molar-refractivity contribution in [2.24, 2.45) is 0 Å². The SMILES string of the molecule is O=C(/C=C(\Nc1cccc(C(F)(F)F)c1)c1ccccc1)c1ccccc1. The number of alkyl halides is 3. The van der Waals surface area contributed by atoms with Gasteiger partial charge in [-0.3, -0.25) is 4.79 Å². The summed E-state index contributed by atoms with van der Waals surface area (Å²) in [5, 5.41) is 2.95. The molecule has 0 aliphatic carbocycles. The molecule has 3 aromatic rings. The molecule has 0 aliphatic rings. The van der Waals surface area contributed by atoms with Crippen molar-refractivity contribution in [3.63, 3.8) is 0 Å². The van der Waals surface area contributed by atoms with Crippen molar-refractivity contribution in [3.05, 3.63) is 108 Å². The third-order valence-electron chi connectivity index (χ3n) is 3.89. The standard InChI is InChI=1S/C22H16F3NO/c23-22(24,25)18-12-7-13-19(14-18)26-20(16-8-3-1-4-9-16)15-21(27)17-10-5-2-6-11-17/h1-15,26H/b20-15-. The molecule has 0 heterocycles. The Morgan fingerprint density at radius 1 is 0.778 bits per heavy atom. The third kappa shape index (κ3) is 4.85. The van der Waals surface area contributed by atoms with Crippen molar-refractivity contribution in [3.8, 4) is 0 Å². The van der Waals surface area contributed by atoms with Crippen LogP contribution in [0.3, 0.4) is 0 Å². The number of hydrogen-bond acceptors (Lipinski definition) is 2. The van der Waals surface area contributed by atoms with E-state index in [0.29, 0.717) is 16.8 Å². The molecule has 0 spiro atoms. The van der Waals surface area contributed by atoms with E-state index >= 15 is 0 Å². The maximum Gasteiger partial charge on any atom is 0.416 e. The highest BCUT2D eigenvalue weighted by molar-refractivity contribution is 6.09. The molecule has 0 saturated carbocycles. The number of rotatable bonds is 5. The second-order valence-corrected chi connectivity index (χ2v) is 5.86. The van der Waals surface area contributed by atoms with Gasteiger partial charge in [-0.15, -0.1) is 0 Å². The number of anilines is 1. The van der Waals surface area contributed by atoms with Crippen LogP contribution in [-0.4, -0.2) is 5.78 Å². The van der Waals surface area contributed by atoms with Gasteiger partial charge in [-0.25, -0.2) is 0 Å². The van der Waals surface area contributed by atoms with Gasteiger partial charge in [0.15, 0.2) is 5.78 Å². The monoisotopic (exact) mass is 367 g/mol.